The second kappa shape index (κ2) is 6.75. The highest BCUT2D eigenvalue weighted by molar-refractivity contribution is 7.92. The molecular formula is C13H22N2O2S. The van der Waals surface area contributed by atoms with Gasteiger partial charge in [0.15, 0.2) is 0 Å². The molecule has 0 fully saturated rings. The molecule has 0 saturated heterocycles. The zero-order valence-electron chi connectivity index (χ0n) is 11.3. The van der Waals surface area contributed by atoms with Crippen LogP contribution in [0.25, 0.3) is 0 Å². The molecule has 0 atom stereocenters. The molecule has 0 heterocycles. The molecule has 5 heteroatoms. The van der Waals surface area contributed by atoms with E-state index in [0.29, 0.717) is 12.1 Å². The summed E-state index contributed by atoms with van der Waals surface area (Å²) in [6, 6.07) is 5.76. The van der Waals surface area contributed by atoms with Gasteiger partial charge in [-0.1, -0.05) is 12.1 Å². The van der Waals surface area contributed by atoms with E-state index in [9.17, 15) is 8.42 Å². The fourth-order valence-electron chi connectivity index (χ4n) is 1.66. The SMILES string of the molecule is CNCCCCS(=O)(=O)Nc1cc(C)ccc1C. The van der Waals surface area contributed by atoms with Crippen molar-refractivity contribution >= 4 is 15.7 Å². The Bertz CT molecular complexity index is 484. The van der Waals surface area contributed by atoms with Crippen LogP contribution in [0.15, 0.2) is 18.2 Å². The Morgan fingerprint density at radius 1 is 1.17 bits per heavy atom. The van der Waals surface area contributed by atoms with Crippen molar-refractivity contribution in [1.29, 1.82) is 0 Å². The van der Waals surface area contributed by atoms with Crippen LogP contribution in [0.1, 0.15) is 24.0 Å². The van der Waals surface area contributed by atoms with Gasteiger partial charge in [-0.3, -0.25) is 4.72 Å². The van der Waals surface area contributed by atoms with Crippen LogP contribution in [0.4, 0.5) is 5.69 Å². The third-order valence-corrected chi connectivity index (χ3v) is 4.11. The van der Waals surface area contributed by atoms with Gasteiger partial charge in [0.25, 0.3) is 0 Å². The fraction of sp³-hybridized carbons (Fsp3) is 0.538. The molecule has 0 aromatic heterocycles. The second-order valence-corrected chi connectivity index (χ2v) is 6.39. The topological polar surface area (TPSA) is 58.2 Å². The molecular weight excluding hydrogens is 248 g/mol. The predicted molar refractivity (Wildman–Crippen MR) is 76.5 cm³/mol. The van der Waals surface area contributed by atoms with Crippen LogP contribution in [-0.2, 0) is 10.0 Å². The third-order valence-electron chi connectivity index (χ3n) is 2.75. The van der Waals surface area contributed by atoms with Gasteiger partial charge < -0.3 is 5.32 Å². The van der Waals surface area contributed by atoms with Crippen molar-refractivity contribution < 1.29 is 8.42 Å². The summed E-state index contributed by atoms with van der Waals surface area (Å²) < 4.78 is 26.4. The Hall–Kier alpha value is -1.07. The Labute approximate surface area is 110 Å². The van der Waals surface area contributed by atoms with Crippen LogP contribution in [0, 0.1) is 13.8 Å². The summed E-state index contributed by atoms with van der Waals surface area (Å²) in [7, 11) is -1.37. The lowest BCUT2D eigenvalue weighted by Crippen LogP contribution is -2.18. The van der Waals surface area contributed by atoms with Crippen LogP contribution in [0.5, 0.6) is 0 Å². The summed E-state index contributed by atoms with van der Waals surface area (Å²) in [4.78, 5) is 0. The molecule has 102 valence electrons. The third kappa shape index (κ3) is 5.06. The molecule has 2 N–H and O–H groups in total. The highest BCUT2D eigenvalue weighted by atomic mass is 32.2. The summed E-state index contributed by atoms with van der Waals surface area (Å²) >= 11 is 0. The number of unbranched alkanes of at least 4 members (excludes halogenated alkanes) is 1. The van der Waals surface area contributed by atoms with Gasteiger partial charge in [0.05, 0.1) is 11.4 Å². The van der Waals surface area contributed by atoms with Crippen molar-refractivity contribution in [1.82, 2.24) is 5.32 Å². The molecule has 0 spiro atoms. The van der Waals surface area contributed by atoms with Crippen molar-refractivity contribution in [2.75, 3.05) is 24.1 Å². The van der Waals surface area contributed by atoms with Crippen LogP contribution >= 0.6 is 0 Å². The zero-order valence-corrected chi connectivity index (χ0v) is 12.1. The molecule has 18 heavy (non-hydrogen) atoms. The maximum absolute atomic E-state index is 11.9. The van der Waals surface area contributed by atoms with Crippen molar-refractivity contribution in [3.63, 3.8) is 0 Å². The lowest BCUT2D eigenvalue weighted by Gasteiger charge is -2.11. The molecule has 0 bridgehead atoms. The summed E-state index contributed by atoms with van der Waals surface area (Å²) in [5, 5.41) is 3.00. The van der Waals surface area contributed by atoms with Crippen LogP contribution < -0.4 is 10.0 Å². The van der Waals surface area contributed by atoms with E-state index < -0.39 is 10.0 Å². The van der Waals surface area contributed by atoms with Gasteiger partial charge >= 0.3 is 0 Å². The van der Waals surface area contributed by atoms with Gasteiger partial charge in [0, 0.05) is 0 Å². The minimum atomic E-state index is -3.23. The Kier molecular flexibility index (Phi) is 5.62. The van der Waals surface area contributed by atoms with E-state index in [1.54, 1.807) is 0 Å². The fourth-order valence-corrected chi connectivity index (χ4v) is 2.90. The monoisotopic (exact) mass is 270 g/mol. The zero-order chi connectivity index (χ0) is 13.6. The largest absolute Gasteiger partial charge is 0.320 e. The van der Waals surface area contributed by atoms with E-state index in [4.69, 9.17) is 0 Å². The highest BCUT2D eigenvalue weighted by Crippen LogP contribution is 2.18. The lowest BCUT2D eigenvalue weighted by atomic mass is 10.1. The molecule has 0 aliphatic rings. The number of benzene rings is 1. The molecule has 0 unspecified atom stereocenters. The molecule has 0 amide bonds. The number of nitrogens with one attached hydrogen (secondary N) is 2. The van der Waals surface area contributed by atoms with Gasteiger partial charge in [-0.05, 0) is 57.5 Å². The van der Waals surface area contributed by atoms with E-state index in [0.717, 1.165) is 24.1 Å². The molecule has 1 aromatic rings. The van der Waals surface area contributed by atoms with E-state index in [1.165, 1.54) is 0 Å². The van der Waals surface area contributed by atoms with Gasteiger partial charge in [0.1, 0.15) is 0 Å². The van der Waals surface area contributed by atoms with Crippen molar-refractivity contribution in [2.24, 2.45) is 0 Å². The number of rotatable bonds is 7. The molecule has 0 aliphatic carbocycles. The van der Waals surface area contributed by atoms with E-state index in [-0.39, 0.29) is 5.75 Å². The number of sulfonamides is 1. The summed E-state index contributed by atoms with van der Waals surface area (Å²) in [5.74, 6) is 0.169. The molecule has 0 saturated carbocycles. The normalized spacial score (nSPS) is 11.5. The molecule has 0 aliphatic heterocycles. The maximum Gasteiger partial charge on any atom is 0.232 e. The average Bonchev–Trinajstić information content (AvgIpc) is 2.29. The highest BCUT2D eigenvalue weighted by Gasteiger charge is 2.11. The Morgan fingerprint density at radius 2 is 1.89 bits per heavy atom. The Morgan fingerprint density at radius 3 is 2.56 bits per heavy atom. The minimum absolute atomic E-state index is 0.169. The first-order valence-corrected chi connectivity index (χ1v) is 7.82. The molecule has 1 aromatic carbocycles. The average molecular weight is 270 g/mol. The lowest BCUT2D eigenvalue weighted by molar-refractivity contribution is 0.595. The van der Waals surface area contributed by atoms with Crippen LogP contribution in [-0.4, -0.2) is 27.8 Å². The van der Waals surface area contributed by atoms with E-state index >= 15 is 0 Å². The second-order valence-electron chi connectivity index (χ2n) is 4.55. The maximum atomic E-state index is 11.9. The standard InChI is InChI=1S/C13H22N2O2S/c1-11-6-7-12(2)13(10-11)15-18(16,17)9-5-4-8-14-3/h6-7,10,14-15H,4-5,8-9H2,1-3H3. The van der Waals surface area contributed by atoms with Crippen LogP contribution in [0.2, 0.25) is 0 Å². The Balaban J connectivity index is 2.62. The van der Waals surface area contributed by atoms with Crippen LogP contribution in [0.3, 0.4) is 0 Å². The summed E-state index contributed by atoms with van der Waals surface area (Å²) in [5.41, 5.74) is 2.68. The van der Waals surface area contributed by atoms with E-state index in [1.807, 2.05) is 39.1 Å². The minimum Gasteiger partial charge on any atom is -0.320 e. The van der Waals surface area contributed by atoms with Gasteiger partial charge in [-0.25, -0.2) is 8.42 Å². The van der Waals surface area contributed by atoms with Gasteiger partial charge in [-0.15, -0.1) is 0 Å². The number of hydrogen-bond acceptors (Lipinski definition) is 3. The summed E-state index contributed by atoms with van der Waals surface area (Å²) in [6.45, 7) is 4.70. The quantitative estimate of drug-likeness (QED) is 0.746. The van der Waals surface area contributed by atoms with Crippen molar-refractivity contribution in [3.8, 4) is 0 Å². The first kappa shape index (κ1) is 15.0. The molecule has 1 rings (SSSR count). The molecule has 0 radical (unpaired) electrons. The number of hydrogen-bond donors (Lipinski definition) is 2. The molecule has 4 nitrogen and oxygen atoms in total. The predicted octanol–water partition coefficient (Wildman–Crippen LogP) is 2.04. The van der Waals surface area contributed by atoms with E-state index in [2.05, 4.69) is 10.0 Å². The van der Waals surface area contributed by atoms with Gasteiger partial charge in [0.2, 0.25) is 10.0 Å². The van der Waals surface area contributed by atoms with Gasteiger partial charge in [-0.2, -0.15) is 0 Å². The summed E-state index contributed by atoms with van der Waals surface area (Å²) in [6.07, 6.45) is 1.53. The smallest absolute Gasteiger partial charge is 0.232 e. The number of aryl methyl sites for hydroxylation is 2. The van der Waals surface area contributed by atoms with Crippen molar-refractivity contribution in [2.45, 2.75) is 26.7 Å². The first-order chi connectivity index (χ1) is 8.44. The van der Waals surface area contributed by atoms with Crippen molar-refractivity contribution in [3.05, 3.63) is 29.3 Å². The first-order valence-electron chi connectivity index (χ1n) is 6.17. The number of anilines is 1.